The Hall–Kier alpha value is -0.650. The van der Waals surface area contributed by atoms with Gasteiger partial charge in [0.15, 0.2) is 0 Å². The van der Waals surface area contributed by atoms with Crippen LogP contribution in [0.2, 0.25) is 5.15 Å². The van der Waals surface area contributed by atoms with Crippen molar-refractivity contribution < 1.29 is 8.42 Å². The molecule has 0 spiro atoms. The van der Waals surface area contributed by atoms with Crippen molar-refractivity contribution in [3.63, 3.8) is 0 Å². The van der Waals surface area contributed by atoms with E-state index in [4.69, 9.17) is 11.6 Å². The average molecular weight is 263 g/mol. The van der Waals surface area contributed by atoms with E-state index in [0.717, 1.165) is 12.8 Å². The van der Waals surface area contributed by atoms with Gasteiger partial charge >= 0.3 is 0 Å². The van der Waals surface area contributed by atoms with Crippen LogP contribution in [-0.4, -0.2) is 19.4 Å². The Balaban J connectivity index is 2.82. The summed E-state index contributed by atoms with van der Waals surface area (Å²) in [6, 6.07) is 2.82. The summed E-state index contributed by atoms with van der Waals surface area (Å²) in [6.07, 6.45) is 2.99. The zero-order valence-electron chi connectivity index (χ0n) is 9.27. The van der Waals surface area contributed by atoms with Gasteiger partial charge in [0.2, 0.25) is 10.0 Å². The van der Waals surface area contributed by atoms with Crippen molar-refractivity contribution in [2.75, 3.05) is 0 Å². The monoisotopic (exact) mass is 262 g/mol. The first-order valence-electron chi connectivity index (χ1n) is 5.09. The van der Waals surface area contributed by atoms with Crippen LogP contribution >= 0.6 is 11.6 Å². The minimum absolute atomic E-state index is 0.0781. The molecule has 0 aliphatic carbocycles. The molecule has 0 aliphatic heterocycles. The predicted octanol–water partition coefficient (Wildman–Crippen LogP) is 2.20. The lowest BCUT2D eigenvalue weighted by Gasteiger charge is -2.12. The molecule has 0 fully saturated rings. The van der Waals surface area contributed by atoms with Gasteiger partial charge in [-0.2, -0.15) is 0 Å². The van der Waals surface area contributed by atoms with E-state index >= 15 is 0 Å². The summed E-state index contributed by atoms with van der Waals surface area (Å²) >= 11 is 5.59. The highest BCUT2D eigenvalue weighted by molar-refractivity contribution is 7.89. The molecule has 0 saturated carbocycles. The number of pyridine rings is 1. The average Bonchev–Trinajstić information content (AvgIpc) is 2.17. The largest absolute Gasteiger partial charge is 0.243 e. The number of nitrogens with zero attached hydrogens (tertiary/aromatic N) is 1. The molecular formula is C10H15ClN2O2S. The van der Waals surface area contributed by atoms with Crippen molar-refractivity contribution in [3.05, 3.63) is 23.5 Å². The van der Waals surface area contributed by atoms with Gasteiger partial charge in [-0.3, -0.25) is 0 Å². The number of halogens is 1. The van der Waals surface area contributed by atoms with Crippen molar-refractivity contribution in [3.8, 4) is 0 Å². The molecule has 1 unspecified atom stereocenters. The molecule has 1 N–H and O–H groups in total. The number of sulfonamides is 1. The van der Waals surface area contributed by atoms with E-state index in [2.05, 4.69) is 9.71 Å². The Morgan fingerprint density at radius 1 is 1.50 bits per heavy atom. The summed E-state index contributed by atoms with van der Waals surface area (Å²) in [7, 11) is -3.47. The van der Waals surface area contributed by atoms with Gasteiger partial charge < -0.3 is 0 Å². The predicted molar refractivity (Wildman–Crippen MR) is 63.9 cm³/mol. The highest BCUT2D eigenvalue weighted by Crippen LogP contribution is 2.11. The highest BCUT2D eigenvalue weighted by Gasteiger charge is 2.16. The quantitative estimate of drug-likeness (QED) is 0.828. The highest BCUT2D eigenvalue weighted by atomic mass is 35.5. The molecule has 4 nitrogen and oxygen atoms in total. The first kappa shape index (κ1) is 13.4. The molecule has 1 aromatic rings. The molecule has 1 atom stereocenters. The lowest BCUT2D eigenvalue weighted by atomic mass is 10.2. The Morgan fingerprint density at radius 2 is 2.19 bits per heavy atom. The first-order chi connectivity index (χ1) is 7.45. The van der Waals surface area contributed by atoms with E-state index in [1.54, 1.807) is 0 Å². The maximum Gasteiger partial charge on any atom is 0.242 e. The third kappa shape index (κ3) is 3.73. The second-order valence-electron chi connectivity index (χ2n) is 3.63. The number of hydrogen-bond donors (Lipinski definition) is 1. The van der Waals surface area contributed by atoms with Gasteiger partial charge in [0, 0.05) is 12.2 Å². The van der Waals surface area contributed by atoms with E-state index in [9.17, 15) is 8.42 Å². The fourth-order valence-electron chi connectivity index (χ4n) is 1.35. The van der Waals surface area contributed by atoms with Crippen molar-refractivity contribution in [2.24, 2.45) is 0 Å². The van der Waals surface area contributed by atoms with Gasteiger partial charge in [0.1, 0.15) is 10.0 Å². The second-order valence-corrected chi connectivity index (χ2v) is 5.73. The van der Waals surface area contributed by atoms with Crippen LogP contribution in [0.5, 0.6) is 0 Å². The van der Waals surface area contributed by atoms with E-state index < -0.39 is 10.0 Å². The minimum atomic E-state index is -3.47. The van der Waals surface area contributed by atoms with Crippen molar-refractivity contribution in [1.29, 1.82) is 0 Å². The molecule has 0 radical (unpaired) electrons. The lowest BCUT2D eigenvalue weighted by Crippen LogP contribution is -2.32. The zero-order valence-corrected chi connectivity index (χ0v) is 10.8. The van der Waals surface area contributed by atoms with Crippen LogP contribution in [0.25, 0.3) is 0 Å². The van der Waals surface area contributed by atoms with Crippen LogP contribution < -0.4 is 4.72 Å². The maximum atomic E-state index is 11.8. The molecule has 0 amide bonds. The van der Waals surface area contributed by atoms with E-state index in [1.165, 1.54) is 18.3 Å². The number of nitrogens with one attached hydrogen (secondary N) is 1. The standard InChI is InChI=1S/C10H15ClN2O2S/c1-3-4-8(2)13-16(14,15)9-5-6-10(11)12-7-9/h5-8,13H,3-4H2,1-2H3. The van der Waals surface area contributed by atoms with Crippen LogP contribution in [-0.2, 0) is 10.0 Å². The molecule has 1 rings (SSSR count). The number of aromatic nitrogens is 1. The van der Waals surface area contributed by atoms with Crippen LogP contribution in [0.15, 0.2) is 23.2 Å². The third-order valence-corrected chi connectivity index (χ3v) is 3.89. The molecule has 0 aliphatic rings. The van der Waals surface area contributed by atoms with Gasteiger partial charge in [0.05, 0.1) is 0 Å². The molecular weight excluding hydrogens is 248 g/mol. The number of hydrogen-bond acceptors (Lipinski definition) is 3. The zero-order chi connectivity index (χ0) is 12.2. The van der Waals surface area contributed by atoms with E-state index in [-0.39, 0.29) is 16.1 Å². The molecule has 90 valence electrons. The summed E-state index contributed by atoms with van der Waals surface area (Å²) in [5.74, 6) is 0. The Labute approximate surface area is 101 Å². The topological polar surface area (TPSA) is 59.1 Å². The van der Waals surface area contributed by atoms with Crippen LogP contribution in [0.4, 0.5) is 0 Å². The SMILES string of the molecule is CCCC(C)NS(=O)(=O)c1ccc(Cl)nc1. The smallest absolute Gasteiger partial charge is 0.242 e. The van der Waals surface area contributed by atoms with E-state index in [0.29, 0.717) is 0 Å². The Kier molecular flexibility index (Phi) is 4.70. The summed E-state index contributed by atoms with van der Waals surface area (Å²) in [6.45, 7) is 3.85. The molecule has 6 heteroatoms. The van der Waals surface area contributed by atoms with Crippen molar-refractivity contribution in [2.45, 2.75) is 37.6 Å². The van der Waals surface area contributed by atoms with Crippen LogP contribution in [0.3, 0.4) is 0 Å². The molecule has 16 heavy (non-hydrogen) atoms. The van der Waals surface area contributed by atoms with Gasteiger partial charge in [-0.25, -0.2) is 18.1 Å². The fourth-order valence-corrected chi connectivity index (χ4v) is 2.68. The summed E-state index contributed by atoms with van der Waals surface area (Å²) in [5, 5.41) is 0.278. The van der Waals surface area contributed by atoms with Gasteiger partial charge in [0.25, 0.3) is 0 Å². The molecule has 0 saturated heterocycles. The summed E-state index contributed by atoms with van der Waals surface area (Å²) in [5.41, 5.74) is 0. The lowest BCUT2D eigenvalue weighted by molar-refractivity contribution is 0.543. The third-order valence-electron chi connectivity index (χ3n) is 2.09. The van der Waals surface area contributed by atoms with E-state index in [1.807, 2.05) is 13.8 Å². The molecule has 1 aromatic heterocycles. The maximum absolute atomic E-state index is 11.8. The summed E-state index contributed by atoms with van der Waals surface area (Å²) in [4.78, 5) is 3.88. The molecule has 1 heterocycles. The number of rotatable bonds is 5. The Morgan fingerprint density at radius 3 is 2.69 bits per heavy atom. The normalized spacial score (nSPS) is 13.7. The van der Waals surface area contributed by atoms with Gasteiger partial charge in [-0.05, 0) is 25.5 Å². The van der Waals surface area contributed by atoms with Crippen molar-refractivity contribution in [1.82, 2.24) is 9.71 Å². The fraction of sp³-hybridized carbons (Fsp3) is 0.500. The van der Waals surface area contributed by atoms with Crippen molar-refractivity contribution >= 4 is 21.6 Å². The van der Waals surface area contributed by atoms with Crippen LogP contribution in [0, 0.1) is 0 Å². The second kappa shape index (κ2) is 5.61. The molecule has 0 aromatic carbocycles. The minimum Gasteiger partial charge on any atom is -0.243 e. The molecule has 0 bridgehead atoms. The summed E-state index contributed by atoms with van der Waals surface area (Å²) < 4.78 is 26.3. The van der Waals surface area contributed by atoms with Crippen LogP contribution in [0.1, 0.15) is 26.7 Å². The first-order valence-corrected chi connectivity index (χ1v) is 6.95. The Bertz CT molecular complexity index is 431. The van der Waals surface area contributed by atoms with Gasteiger partial charge in [-0.15, -0.1) is 0 Å². The van der Waals surface area contributed by atoms with Gasteiger partial charge in [-0.1, -0.05) is 24.9 Å².